The maximum Gasteiger partial charge on any atom is 0.274 e. The minimum atomic E-state index is -0.301. The van der Waals surface area contributed by atoms with Crippen molar-refractivity contribution in [1.29, 1.82) is 0 Å². The van der Waals surface area contributed by atoms with Crippen LogP contribution in [-0.4, -0.2) is 39.4 Å². The zero-order valence-electron chi connectivity index (χ0n) is 17.7. The Morgan fingerprint density at radius 1 is 1.22 bits per heavy atom. The molecule has 2 N–H and O–H groups in total. The number of rotatable bonds is 9. The summed E-state index contributed by atoms with van der Waals surface area (Å²) in [5.74, 6) is -0.848. The Morgan fingerprint density at radius 2 is 2.00 bits per heavy atom. The number of hydrogen-bond acceptors (Lipinski definition) is 6. The average Bonchev–Trinajstić information content (AvgIpc) is 3.50. The van der Waals surface area contributed by atoms with Gasteiger partial charge < -0.3 is 20.7 Å². The molecule has 1 fully saturated rings. The molecule has 1 aliphatic carbocycles. The third kappa shape index (κ3) is 5.17. The molecule has 0 radical (unpaired) electrons. The van der Waals surface area contributed by atoms with E-state index >= 15 is 0 Å². The van der Waals surface area contributed by atoms with E-state index in [0.29, 0.717) is 36.6 Å². The summed E-state index contributed by atoms with van der Waals surface area (Å²) in [5.41, 5.74) is 2.75. The van der Waals surface area contributed by atoms with Gasteiger partial charge in [-0.05, 0) is 61.1 Å². The fraction of sp³-hybridized carbons (Fsp3) is 0.304. The third-order valence-corrected chi connectivity index (χ3v) is 5.06. The van der Waals surface area contributed by atoms with Crippen LogP contribution in [0.25, 0.3) is 5.69 Å². The monoisotopic (exact) mass is 435 g/mol. The van der Waals surface area contributed by atoms with E-state index in [9.17, 15) is 14.3 Å². The molecular weight excluding hydrogens is 411 g/mol. The van der Waals surface area contributed by atoms with Crippen molar-refractivity contribution in [2.75, 3.05) is 6.54 Å². The lowest BCUT2D eigenvalue weighted by molar-refractivity contribution is -0.213. The van der Waals surface area contributed by atoms with Crippen LogP contribution in [0.2, 0.25) is 0 Å². The van der Waals surface area contributed by atoms with Crippen molar-refractivity contribution in [2.24, 2.45) is 4.99 Å². The van der Waals surface area contributed by atoms with Gasteiger partial charge in [-0.15, -0.1) is 5.10 Å². The molecule has 1 saturated carbocycles. The number of nitrogens with one attached hydrogen (secondary N) is 2. The number of halogens is 1. The lowest BCUT2D eigenvalue weighted by Gasteiger charge is -2.13. The molecule has 0 saturated heterocycles. The van der Waals surface area contributed by atoms with Gasteiger partial charge in [-0.2, -0.15) is 0 Å². The van der Waals surface area contributed by atoms with Gasteiger partial charge in [-0.1, -0.05) is 29.5 Å². The first-order valence-corrected chi connectivity index (χ1v) is 10.6. The van der Waals surface area contributed by atoms with Gasteiger partial charge in [0.2, 0.25) is 0 Å². The first-order chi connectivity index (χ1) is 15.5. The molecule has 0 bridgehead atoms. The molecule has 32 heavy (non-hydrogen) atoms. The van der Waals surface area contributed by atoms with Crippen molar-refractivity contribution in [1.82, 2.24) is 25.6 Å². The van der Waals surface area contributed by atoms with Crippen LogP contribution < -0.4 is 15.7 Å². The summed E-state index contributed by atoms with van der Waals surface area (Å²) >= 11 is 0. The van der Waals surface area contributed by atoms with Gasteiger partial charge in [0.15, 0.2) is 5.69 Å². The molecule has 3 aromatic rings. The van der Waals surface area contributed by atoms with Crippen LogP contribution in [0.15, 0.2) is 53.5 Å². The number of aromatic nitrogens is 3. The summed E-state index contributed by atoms with van der Waals surface area (Å²) < 4.78 is 15.0. The van der Waals surface area contributed by atoms with Gasteiger partial charge in [-0.25, -0.2) is 9.07 Å². The first-order valence-electron chi connectivity index (χ1n) is 10.6. The van der Waals surface area contributed by atoms with E-state index < -0.39 is 0 Å². The number of nitrogens with zero attached hydrogens (tertiary/aromatic N) is 4. The predicted octanol–water partition coefficient (Wildman–Crippen LogP) is 1.72. The van der Waals surface area contributed by atoms with Gasteiger partial charge in [0, 0.05) is 25.7 Å². The molecule has 0 unspecified atom stereocenters. The number of carbonyl (C=O) groups excluding carboxylic acids is 1. The van der Waals surface area contributed by atoms with Crippen molar-refractivity contribution in [2.45, 2.75) is 38.9 Å². The molecule has 1 aromatic heterocycles. The quantitative estimate of drug-likeness (QED) is 0.393. The highest BCUT2D eigenvalue weighted by Crippen LogP contribution is 2.20. The van der Waals surface area contributed by atoms with Crippen molar-refractivity contribution >= 4 is 11.8 Å². The van der Waals surface area contributed by atoms with Crippen LogP contribution in [-0.2, 0) is 13.1 Å². The van der Waals surface area contributed by atoms with Crippen LogP contribution in [0.5, 0.6) is 0 Å². The number of benzene rings is 2. The Labute approximate surface area is 185 Å². The average molecular weight is 435 g/mol. The smallest absolute Gasteiger partial charge is 0.274 e. The van der Waals surface area contributed by atoms with Gasteiger partial charge in [0.1, 0.15) is 5.82 Å². The van der Waals surface area contributed by atoms with Crippen LogP contribution >= 0.6 is 0 Å². The Kier molecular flexibility index (Phi) is 6.55. The Morgan fingerprint density at radius 3 is 2.69 bits per heavy atom. The minimum Gasteiger partial charge on any atom is -0.858 e. The molecular formula is C23H24FN6O2-. The standard InChI is InChI=1S/C23H25FN6O2/c1-2-26-22(31)16-6-10-19(11-7-16)30-20(14-25-13-15-4-3-5-17(24)12-15)21(28-29-30)23(32)27-18-8-9-18/h3-7,10-12,18,25H,2,8-9,13-14H2,1H3,(H,26,31)(H,27,32)/p-1. The molecule has 9 heteroatoms. The van der Waals surface area contributed by atoms with Crippen molar-refractivity contribution in [3.63, 3.8) is 0 Å². The van der Waals surface area contributed by atoms with Gasteiger partial charge in [-0.3, -0.25) is 4.79 Å². The van der Waals surface area contributed by atoms with Crippen molar-refractivity contribution < 1.29 is 14.3 Å². The lowest BCUT2D eigenvalue weighted by atomic mass is 10.2. The summed E-state index contributed by atoms with van der Waals surface area (Å²) in [5, 5.41) is 26.4. The van der Waals surface area contributed by atoms with Crippen LogP contribution in [0.1, 0.15) is 47.1 Å². The highest BCUT2D eigenvalue weighted by Gasteiger charge is 2.27. The summed E-state index contributed by atoms with van der Waals surface area (Å²) in [6.45, 7) is 2.94. The highest BCUT2D eigenvalue weighted by atomic mass is 19.1. The number of carbonyl (C=O) groups is 1. The van der Waals surface area contributed by atoms with Gasteiger partial charge >= 0.3 is 0 Å². The normalized spacial score (nSPS) is 13.9. The summed E-state index contributed by atoms with van der Waals surface area (Å²) in [4.78, 5) is 16.6. The zero-order valence-corrected chi connectivity index (χ0v) is 17.7. The molecule has 4 rings (SSSR count). The van der Waals surface area contributed by atoms with Crippen LogP contribution in [0.4, 0.5) is 4.39 Å². The fourth-order valence-corrected chi connectivity index (χ4v) is 3.28. The van der Waals surface area contributed by atoms with E-state index in [0.717, 1.165) is 18.4 Å². The van der Waals surface area contributed by atoms with Gasteiger partial charge in [0.05, 0.1) is 11.4 Å². The van der Waals surface area contributed by atoms with E-state index in [1.165, 1.54) is 12.1 Å². The molecule has 1 aliphatic rings. The Bertz CT molecular complexity index is 1120. The first kappa shape index (κ1) is 21.6. The summed E-state index contributed by atoms with van der Waals surface area (Å²) in [7, 11) is 0. The molecule has 1 amide bonds. The molecule has 2 aromatic carbocycles. The predicted molar refractivity (Wildman–Crippen MR) is 116 cm³/mol. The summed E-state index contributed by atoms with van der Waals surface area (Å²) in [6, 6.07) is 13.3. The van der Waals surface area contributed by atoms with E-state index in [4.69, 9.17) is 0 Å². The number of amides is 1. The minimum absolute atomic E-state index is 0.188. The SMILES string of the molecule is CCN=C([O-])c1ccc(-n2nnc(C(=O)NC3CC3)c2CNCc2cccc(F)c2)cc1. The van der Waals surface area contributed by atoms with Crippen molar-refractivity contribution in [3.8, 4) is 5.69 Å². The van der Waals surface area contributed by atoms with Gasteiger partial charge in [0.25, 0.3) is 5.91 Å². The van der Waals surface area contributed by atoms with E-state index in [1.807, 2.05) is 6.07 Å². The number of hydrogen-bond donors (Lipinski definition) is 2. The third-order valence-electron chi connectivity index (χ3n) is 5.06. The maximum absolute atomic E-state index is 13.5. The Hall–Kier alpha value is -3.59. The largest absolute Gasteiger partial charge is 0.858 e. The van der Waals surface area contributed by atoms with Crippen LogP contribution in [0, 0.1) is 5.82 Å². The lowest BCUT2D eigenvalue weighted by Crippen LogP contribution is -2.28. The van der Waals surface area contributed by atoms with Crippen molar-refractivity contribution in [3.05, 3.63) is 76.9 Å². The fourth-order valence-electron chi connectivity index (χ4n) is 3.28. The molecule has 166 valence electrons. The second-order valence-electron chi connectivity index (χ2n) is 7.60. The second kappa shape index (κ2) is 9.69. The molecule has 0 spiro atoms. The van der Waals surface area contributed by atoms with E-state index in [2.05, 4.69) is 25.9 Å². The van der Waals surface area contributed by atoms with Crippen LogP contribution in [0.3, 0.4) is 0 Å². The molecule has 0 atom stereocenters. The second-order valence-corrected chi connectivity index (χ2v) is 7.60. The topological polar surface area (TPSA) is 107 Å². The summed E-state index contributed by atoms with van der Waals surface area (Å²) in [6.07, 6.45) is 1.93. The van der Waals surface area contributed by atoms with E-state index in [-0.39, 0.29) is 29.4 Å². The molecule has 0 aliphatic heterocycles. The molecule has 1 heterocycles. The zero-order chi connectivity index (χ0) is 22.5. The Balaban J connectivity index is 1.57. The highest BCUT2D eigenvalue weighted by molar-refractivity contribution is 5.94. The van der Waals surface area contributed by atoms with E-state index in [1.54, 1.807) is 41.9 Å². The molecule has 8 nitrogen and oxygen atoms in total. The number of aliphatic imine (C=N–C) groups is 1. The maximum atomic E-state index is 13.5.